The summed E-state index contributed by atoms with van der Waals surface area (Å²) in [7, 11) is 1.76. The molecule has 192 valence electrons. The van der Waals surface area contributed by atoms with Crippen LogP contribution in [0.2, 0.25) is 0 Å². The number of likely N-dealkylation sites (N-methyl/N-ethyl adjacent to an activating group) is 1. The summed E-state index contributed by atoms with van der Waals surface area (Å²) >= 11 is 0. The number of nitrogens with zero attached hydrogens (tertiary/aromatic N) is 2. The summed E-state index contributed by atoms with van der Waals surface area (Å²) in [6.45, 7) is 12.6. The van der Waals surface area contributed by atoms with Crippen molar-refractivity contribution < 1.29 is 14.4 Å². The Kier molecular flexibility index (Phi) is 7.48. The highest BCUT2D eigenvalue weighted by atomic mass is 16.7. The largest absolute Gasteiger partial charge is 0.435 e. The second-order valence-corrected chi connectivity index (χ2v) is 12.7. The zero-order valence-electron chi connectivity index (χ0n) is 22.4. The predicted molar refractivity (Wildman–Crippen MR) is 136 cm³/mol. The third-order valence-electron chi connectivity index (χ3n) is 10.6. The lowest BCUT2D eigenvalue weighted by atomic mass is 9.44. The molecule has 4 aliphatic rings. The monoisotopic (exact) mass is 473 g/mol. The minimum absolute atomic E-state index is 0.238. The molecule has 0 bridgehead atoms. The van der Waals surface area contributed by atoms with Crippen LogP contribution in [0, 0.1) is 40.4 Å². The van der Waals surface area contributed by atoms with E-state index in [0.29, 0.717) is 35.6 Å². The Morgan fingerprint density at radius 2 is 1.85 bits per heavy atom. The van der Waals surface area contributed by atoms with Gasteiger partial charge >= 0.3 is 6.09 Å². The maximum Gasteiger partial charge on any atom is 0.435 e. The third kappa shape index (κ3) is 4.68. The van der Waals surface area contributed by atoms with Crippen LogP contribution in [0.15, 0.2) is 5.16 Å². The SMILES string of the molecule is C/C(=N\OC(=O)N(C)CCNC(C)C)[C@H]1CC[C@H]2[C@@H]3CC[C@H]4CC(=O)CC[C@]4(C)[C@H]3CC[C@]12C. The van der Waals surface area contributed by atoms with Crippen molar-refractivity contribution in [2.45, 2.75) is 98.4 Å². The first-order valence-electron chi connectivity index (χ1n) is 13.8. The number of fused-ring (bicyclic) bond motifs is 5. The summed E-state index contributed by atoms with van der Waals surface area (Å²) in [5.41, 5.74) is 1.57. The Bertz CT molecular complexity index is 811. The van der Waals surface area contributed by atoms with Crippen LogP contribution < -0.4 is 5.32 Å². The highest BCUT2D eigenvalue weighted by Gasteiger charge is 2.60. The zero-order valence-corrected chi connectivity index (χ0v) is 22.4. The van der Waals surface area contributed by atoms with E-state index in [9.17, 15) is 9.59 Å². The first-order valence-corrected chi connectivity index (χ1v) is 13.8. The van der Waals surface area contributed by atoms with E-state index in [1.807, 2.05) is 0 Å². The van der Waals surface area contributed by atoms with Crippen molar-refractivity contribution in [1.82, 2.24) is 10.2 Å². The highest BCUT2D eigenvalue weighted by molar-refractivity contribution is 5.85. The number of carbonyl (C=O) groups excluding carboxylic acids is 2. The van der Waals surface area contributed by atoms with Gasteiger partial charge in [0.25, 0.3) is 0 Å². The molecule has 6 nitrogen and oxygen atoms in total. The smallest absolute Gasteiger partial charge is 0.313 e. The normalized spacial score (nSPS) is 39.9. The van der Waals surface area contributed by atoms with Gasteiger partial charge in [0.2, 0.25) is 0 Å². The molecule has 0 aromatic rings. The van der Waals surface area contributed by atoms with Crippen LogP contribution in [-0.4, -0.2) is 48.7 Å². The molecule has 1 amide bonds. The molecule has 4 fully saturated rings. The van der Waals surface area contributed by atoms with Crippen LogP contribution in [-0.2, 0) is 9.63 Å². The number of nitrogens with one attached hydrogen (secondary N) is 1. The number of hydrogen-bond donors (Lipinski definition) is 1. The lowest BCUT2D eigenvalue weighted by Crippen LogP contribution is -2.53. The van der Waals surface area contributed by atoms with Gasteiger partial charge < -0.3 is 10.2 Å². The maximum atomic E-state index is 12.4. The highest BCUT2D eigenvalue weighted by Crippen LogP contribution is 2.67. The molecule has 4 aliphatic carbocycles. The summed E-state index contributed by atoms with van der Waals surface area (Å²) in [5.74, 6) is 3.74. The van der Waals surface area contributed by atoms with Gasteiger partial charge in [0, 0.05) is 44.9 Å². The van der Waals surface area contributed by atoms with Crippen LogP contribution in [0.1, 0.15) is 92.4 Å². The third-order valence-corrected chi connectivity index (χ3v) is 10.6. The Balaban J connectivity index is 1.39. The van der Waals surface area contributed by atoms with Crippen molar-refractivity contribution in [3.8, 4) is 0 Å². The van der Waals surface area contributed by atoms with Gasteiger partial charge in [-0.3, -0.25) is 9.63 Å². The van der Waals surface area contributed by atoms with Gasteiger partial charge in [-0.25, -0.2) is 4.79 Å². The van der Waals surface area contributed by atoms with Gasteiger partial charge in [0.15, 0.2) is 0 Å². The van der Waals surface area contributed by atoms with Gasteiger partial charge in [0.1, 0.15) is 5.78 Å². The average Bonchev–Trinajstić information content (AvgIpc) is 3.14. The van der Waals surface area contributed by atoms with Crippen LogP contribution >= 0.6 is 0 Å². The number of rotatable bonds is 6. The first kappa shape index (κ1) is 25.7. The van der Waals surface area contributed by atoms with Gasteiger partial charge in [-0.15, -0.1) is 0 Å². The molecule has 0 unspecified atom stereocenters. The molecule has 0 aromatic carbocycles. The van der Waals surface area contributed by atoms with Crippen molar-refractivity contribution >= 4 is 17.6 Å². The molecule has 0 saturated heterocycles. The fourth-order valence-electron chi connectivity index (χ4n) is 8.59. The van der Waals surface area contributed by atoms with Crippen LogP contribution in [0.4, 0.5) is 4.79 Å². The van der Waals surface area contributed by atoms with Gasteiger partial charge in [-0.2, -0.15) is 0 Å². The molecule has 4 rings (SSSR count). The fourth-order valence-corrected chi connectivity index (χ4v) is 8.59. The quantitative estimate of drug-likeness (QED) is 0.307. The summed E-state index contributed by atoms with van der Waals surface area (Å²) in [4.78, 5) is 31.5. The summed E-state index contributed by atoms with van der Waals surface area (Å²) in [6.07, 6.45) is 9.73. The van der Waals surface area contributed by atoms with Gasteiger partial charge in [0.05, 0.1) is 5.71 Å². The second-order valence-electron chi connectivity index (χ2n) is 12.7. The second kappa shape index (κ2) is 9.91. The number of hydrogen-bond acceptors (Lipinski definition) is 5. The minimum atomic E-state index is -0.383. The summed E-state index contributed by atoms with van der Waals surface area (Å²) in [6, 6.07) is 0.397. The average molecular weight is 474 g/mol. The van der Waals surface area contributed by atoms with E-state index in [4.69, 9.17) is 4.84 Å². The van der Waals surface area contributed by atoms with E-state index >= 15 is 0 Å². The van der Waals surface area contributed by atoms with Crippen molar-refractivity contribution in [1.29, 1.82) is 0 Å². The Hall–Kier alpha value is -1.43. The molecule has 1 N–H and O–H groups in total. The first-order chi connectivity index (χ1) is 16.1. The van der Waals surface area contributed by atoms with Crippen LogP contribution in [0.25, 0.3) is 0 Å². The number of carbonyl (C=O) groups is 2. The number of oxime groups is 1. The minimum Gasteiger partial charge on any atom is -0.313 e. The van der Waals surface area contributed by atoms with Crippen molar-refractivity contribution in [3.63, 3.8) is 0 Å². The molecular weight excluding hydrogens is 426 g/mol. The molecule has 7 atom stereocenters. The van der Waals surface area contributed by atoms with Crippen molar-refractivity contribution in [3.05, 3.63) is 0 Å². The van der Waals surface area contributed by atoms with Crippen LogP contribution in [0.5, 0.6) is 0 Å². The van der Waals surface area contributed by atoms with E-state index in [-0.39, 0.29) is 11.5 Å². The molecule has 0 radical (unpaired) electrons. The van der Waals surface area contributed by atoms with E-state index in [1.165, 1.54) is 32.1 Å². The number of Topliss-reactive ketones (excluding diaryl/α,β-unsaturated/α-hetero) is 1. The maximum absolute atomic E-state index is 12.4. The molecule has 0 heterocycles. The van der Waals surface area contributed by atoms with Crippen LogP contribution in [0.3, 0.4) is 0 Å². The molecule has 6 heteroatoms. The van der Waals surface area contributed by atoms with Crippen molar-refractivity contribution in [2.75, 3.05) is 20.1 Å². The zero-order chi connectivity index (χ0) is 24.7. The molecule has 0 spiro atoms. The van der Waals surface area contributed by atoms with Gasteiger partial charge in [-0.05, 0) is 86.4 Å². The van der Waals surface area contributed by atoms with E-state index < -0.39 is 0 Å². The molecule has 4 saturated carbocycles. The predicted octanol–water partition coefficient (Wildman–Crippen LogP) is 5.66. The summed E-state index contributed by atoms with van der Waals surface area (Å²) < 4.78 is 0. The van der Waals surface area contributed by atoms with Gasteiger partial charge in [-0.1, -0.05) is 32.9 Å². The number of ketones is 1. The molecule has 34 heavy (non-hydrogen) atoms. The Morgan fingerprint density at radius 1 is 1.12 bits per heavy atom. The lowest BCUT2D eigenvalue weighted by Gasteiger charge is -2.60. The lowest BCUT2D eigenvalue weighted by molar-refractivity contribution is -0.138. The molecule has 0 aliphatic heterocycles. The Morgan fingerprint density at radius 3 is 2.59 bits per heavy atom. The molecular formula is C28H47N3O3. The fraction of sp³-hybridized carbons (Fsp3) is 0.893. The standard InChI is InChI=1S/C28H47N3O3/c1-18(2)29-15-16-31(6)26(33)34-30-19(3)23-9-10-24-22-8-7-20-17-21(32)11-13-27(20,4)25(22)12-14-28(23,24)5/h18,20,22-25,29H,7-17H2,1-6H3/b30-19+/t20-,22-,23+,24-,25-,27-,28+/m0/s1. The number of amides is 1. The topological polar surface area (TPSA) is 71.0 Å². The van der Waals surface area contributed by atoms with Crippen molar-refractivity contribution in [2.24, 2.45) is 45.6 Å². The van der Waals surface area contributed by atoms with E-state index in [0.717, 1.165) is 55.7 Å². The Labute approximate surface area is 206 Å². The van der Waals surface area contributed by atoms with E-state index in [2.05, 4.69) is 45.1 Å². The van der Waals surface area contributed by atoms with E-state index in [1.54, 1.807) is 11.9 Å². The summed E-state index contributed by atoms with van der Waals surface area (Å²) in [5, 5.41) is 7.69. The molecule has 0 aromatic heterocycles.